The van der Waals surface area contributed by atoms with Gasteiger partial charge in [-0.2, -0.15) is 0 Å². The van der Waals surface area contributed by atoms with E-state index >= 15 is 0 Å². The molecule has 0 fully saturated rings. The van der Waals surface area contributed by atoms with Crippen LogP contribution >= 0.6 is 0 Å². The van der Waals surface area contributed by atoms with Gasteiger partial charge in [-0.05, 0) is 66.7 Å². The van der Waals surface area contributed by atoms with Gasteiger partial charge < -0.3 is 5.73 Å². The summed E-state index contributed by atoms with van der Waals surface area (Å²) in [6, 6.07) is 49.7. The largest absolute Gasteiger partial charge is 0.398 e. The molecule has 2 N–H and O–H groups in total. The van der Waals surface area contributed by atoms with Crippen LogP contribution in [0.15, 0.2) is 140 Å². The molecular formula is C36H25N. The lowest BCUT2D eigenvalue weighted by Crippen LogP contribution is -1.97. The van der Waals surface area contributed by atoms with Crippen molar-refractivity contribution in [1.82, 2.24) is 0 Å². The summed E-state index contributed by atoms with van der Waals surface area (Å²) in [5, 5.41) is 7.30. The highest BCUT2D eigenvalue weighted by molar-refractivity contribution is 6.08. The van der Waals surface area contributed by atoms with Gasteiger partial charge in [0.15, 0.2) is 0 Å². The lowest BCUT2D eigenvalue weighted by Gasteiger charge is -2.18. The Morgan fingerprint density at radius 1 is 0.324 bits per heavy atom. The predicted octanol–water partition coefficient (Wildman–Crippen LogP) is 9.73. The topological polar surface area (TPSA) is 26.0 Å². The average molecular weight is 472 g/mol. The maximum absolute atomic E-state index is 7.09. The highest BCUT2D eigenvalue weighted by Gasteiger charge is 2.17. The lowest BCUT2D eigenvalue weighted by atomic mass is 9.87. The fraction of sp³-hybridized carbons (Fsp3) is 0. The first-order valence-corrected chi connectivity index (χ1v) is 12.7. The van der Waals surface area contributed by atoms with E-state index in [4.69, 9.17) is 5.73 Å². The molecule has 174 valence electrons. The first-order chi connectivity index (χ1) is 18.3. The molecule has 0 aliphatic heterocycles. The summed E-state index contributed by atoms with van der Waals surface area (Å²) in [4.78, 5) is 0. The third-order valence-corrected chi connectivity index (χ3v) is 7.44. The van der Waals surface area contributed by atoms with Crippen LogP contribution < -0.4 is 5.73 Å². The molecule has 7 aromatic carbocycles. The minimum atomic E-state index is 0.802. The van der Waals surface area contributed by atoms with Crippen LogP contribution in [0.4, 0.5) is 5.69 Å². The van der Waals surface area contributed by atoms with E-state index in [0.29, 0.717) is 0 Å². The second-order valence-corrected chi connectivity index (χ2v) is 9.57. The Morgan fingerprint density at radius 3 is 1.14 bits per heavy atom. The summed E-state index contributed by atoms with van der Waals surface area (Å²) < 4.78 is 0. The summed E-state index contributed by atoms with van der Waals surface area (Å²) in [6.45, 7) is 0. The predicted molar refractivity (Wildman–Crippen MR) is 160 cm³/mol. The van der Waals surface area contributed by atoms with E-state index in [1.807, 2.05) is 0 Å². The molecule has 0 amide bonds. The van der Waals surface area contributed by atoms with E-state index in [1.165, 1.54) is 37.9 Å². The molecule has 7 aromatic rings. The molecule has 0 aliphatic rings. The molecule has 0 saturated heterocycles. The number of benzene rings is 7. The zero-order chi connectivity index (χ0) is 24.8. The minimum absolute atomic E-state index is 0.802. The van der Waals surface area contributed by atoms with Crippen LogP contribution in [0.5, 0.6) is 0 Å². The second-order valence-electron chi connectivity index (χ2n) is 9.57. The number of anilines is 1. The van der Waals surface area contributed by atoms with Gasteiger partial charge in [0.25, 0.3) is 0 Å². The highest BCUT2D eigenvalue weighted by atomic mass is 14.6. The van der Waals surface area contributed by atoms with Gasteiger partial charge in [-0.25, -0.2) is 0 Å². The molecular weight excluding hydrogens is 446 g/mol. The highest BCUT2D eigenvalue weighted by Crippen LogP contribution is 2.44. The van der Waals surface area contributed by atoms with Crippen LogP contribution in [0.1, 0.15) is 0 Å². The molecule has 0 saturated carbocycles. The third-order valence-electron chi connectivity index (χ3n) is 7.44. The van der Waals surface area contributed by atoms with Crippen LogP contribution in [0.25, 0.3) is 65.7 Å². The quantitative estimate of drug-likeness (QED) is 0.255. The van der Waals surface area contributed by atoms with Crippen molar-refractivity contribution in [3.8, 4) is 33.4 Å². The standard InChI is InChI=1S/C36H25N/c37-36-34(32-20-8-14-25-11-2-5-17-29(25)32)22-27(31-19-7-13-24-10-1-4-16-28(24)31)23-35(36)33-21-9-15-26-12-3-6-18-30(26)33/h1-23H,37H2. The molecule has 0 heterocycles. The van der Waals surface area contributed by atoms with Crippen LogP contribution in [-0.2, 0) is 0 Å². The molecule has 0 spiro atoms. The minimum Gasteiger partial charge on any atom is -0.398 e. The van der Waals surface area contributed by atoms with Crippen molar-refractivity contribution in [1.29, 1.82) is 0 Å². The van der Waals surface area contributed by atoms with Gasteiger partial charge in [0, 0.05) is 16.8 Å². The third kappa shape index (κ3) is 3.56. The van der Waals surface area contributed by atoms with Crippen LogP contribution in [0.2, 0.25) is 0 Å². The Kier molecular flexibility index (Phi) is 5.01. The number of hydrogen-bond donors (Lipinski definition) is 1. The van der Waals surface area contributed by atoms with Crippen molar-refractivity contribution in [2.75, 3.05) is 5.73 Å². The van der Waals surface area contributed by atoms with Crippen LogP contribution in [0, 0.1) is 0 Å². The van der Waals surface area contributed by atoms with Gasteiger partial charge in [-0.1, -0.05) is 127 Å². The number of rotatable bonds is 3. The average Bonchev–Trinajstić information content (AvgIpc) is 2.96. The van der Waals surface area contributed by atoms with Gasteiger partial charge in [0.05, 0.1) is 0 Å². The van der Waals surface area contributed by atoms with E-state index in [0.717, 1.165) is 33.5 Å². The normalized spacial score (nSPS) is 11.4. The summed E-state index contributed by atoms with van der Waals surface area (Å²) >= 11 is 0. The van der Waals surface area contributed by atoms with Crippen molar-refractivity contribution in [3.63, 3.8) is 0 Å². The van der Waals surface area contributed by atoms with Crippen molar-refractivity contribution < 1.29 is 0 Å². The molecule has 37 heavy (non-hydrogen) atoms. The molecule has 7 rings (SSSR count). The van der Waals surface area contributed by atoms with E-state index in [-0.39, 0.29) is 0 Å². The van der Waals surface area contributed by atoms with E-state index in [1.54, 1.807) is 0 Å². The van der Waals surface area contributed by atoms with Gasteiger partial charge in [-0.3, -0.25) is 0 Å². The lowest BCUT2D eigenvalue weighted by molar-refractivity contribution is 1.59. The van der Waals surface area contributed by atoms with E-state index < -0.39 is 0 Å². The number of nitrogens with two attached hydrogens (primary N) is 1. The van der Waals surface area contributed by atoms with Gasteiger partial charge in [-0.15, -0.1) is 0 Å². The Bertz CT molecular complexity index is 1830. The molecule has 0 atom stereocenters. The van der Waals surface area contributed by atoms with Gasteiger partial charge in [0.2, 0.25) is 0 Å². The van der Waals surface area contributed by atoms with Crippen molar-refractivity contribution in [3.05, 3.63) is 140 Å². The number of nitrogen functional groups attached to an aromatic ring is 1. The first-order valence-electron chi connectivity index (χ1n) is 12.7. The maximum atomic E-state index is 7.09. The maximum Gasteiger partial charge on any atom is 0.0474 e. The molecule has 0 radical (unpaired) electrons. The molecule has 0 bridgehead atoms. The first kappa shape index (κ1) is 21.4. The van der Waals surface area contributed by atoms with Crippen molar-refractivity contribution >= 4 is 38.0 Å². The van der Waals surface area contributed by atoms with Crippen molar-refractivity contribution in [2.24, 2.45) is 0 Å². The summed E-state index contributed by atoms with van der Waals surface area (Å²) in [6.07, 6.45) is 0. The van der Waals surface area contributed by atoms with Crippen molar-refractivity contribution in [2.45, 2.75) is 0 Å². The molecule has 1 nitrogen and oxygen atoms in total. The SMILES string of the molecule is Nc1c(-c2cccc3ccccc23)cc(-c2cccc3ccccc23)cc1-c1cccc2ccccc12. The second kappa shape index (κ2) is 8.65. The van der Waals surface area contributed by atoms with Crippen LogP contribution in [-0.4, -0.2) is 0 Å². The molecule has 0 aliphatic carbocycles. The fourth-order valence-corrected chi connectivity index (χ4v) is 5.65. The molecule has 0 aromatic heterocycles. The monoisotopic (exact) mass is 471 g/mol. The number of fused-ring (bicyclic) bond motifs is 3. The number of hydrogen-bond acceptors (Lipinski definition) is 1. The smallest absolute Gasteiger partial charge is 0.0474 e. The molecule has 1 heteroatoms. The fourth-order valence-electron chi connectivity index (χ4n) is 5.65. The van der Waals surface area contributed by atoms with Crippen LogP contribution in [0.3, 0.4) is 0 Å². The Labute approximate surface area is 216 Å². The summed E-state index contributed by atoms with van der Waals surface area (Å²) in [5.41, 5.74) is 14.7. The van der Waals surface area contributed by atoms with Gasteiger partial charge >= 0.3 is 0 Å². The summed E-state index contributed by atoms with van der Waals surface area (Å²) in [5.74, 6) is 0. The van der Waals surface area contributed by atoms with Gasteiger partial charge in [0.1, 0.15) is 0 Å². The Balaban J connectivity index is 1.60. The Morgan fingerprint density at radius 2 is 0.676 bits per heavy atom. The summed E-state index contributed by atoms with van der Waals surface area (Å²) in [7, 11) is 0. The zero-order valence-corrected chi connectivity index (χ0v) is 20.4. The van der Waals surface area contributed by atoms with E-state index in [2.05, 4.69) is 140 Å². The van der Waals surface area contributed by atoms with E-state index in [9.17, 15) is 0 Å². The molecule has 0 unspecified atom stereocenters. The Hall–Kier alpha value is -4.88. The zero-order valence-electron chi connectivity index (χ0n) is 20.4.